The lowest BCUT2D eigenvalue weighted by Gasteiger charge is -2.35. The molecule has 29 heavy (non-hydrogen) atoms. The highest BCUT2D eigenvalue weighted by molar-refractivity contribution is 7.91. The minimum Gasteiger partial charge on any atom is -0.335 e. The van der Waals surface area contributed by atoms with Gasteiger partial charge in [-0.25, -0.2) is 13.2 Å². The standard InChI is InChI=1S/C21H25N3O4S/c1-3-29(27,28)19-10-5-4-9-18(19)20(25)23-11-13-24(14-12-23)21(26)22-17-8-6-7-16(2)15-17/h4-10,15H,3,11-14H2,1-2H3,(H,22,26). The highest BCUT2D eigenvalue weighted by Gasteiger charge is 2.28. The van der Waals surface area contributed by atoms with Crippen molar-refractivity contribution in [2.45, 2.75) is 18.7 Å². The third-order valence-electron chi connectivity index (χ3n) is 4.96. The number of benzene rings is 2. The van der Waals surface area contributed by atoms with Crippen molar-refractivity contribution in [2.24, 2.45) is 0 Å². The van der Waals surface area contributed by atoms with Crippen LogP contribution in [0.4, 0.5) is 10.5 Å². The van der Waals surface area contributed by atoms with E-state index in [2.05, 4.69) is 5.32 Å². The summed E-state index contributed by atoms with van der Waals surface area (Å²) in [5.74, 6) is -0.388. The van der Waals surface area contributed by atoms with Gasteiger partial charge in [0.2, 0.25) is 0 Å². The maximum Gasteiger partial charge on any atom is 0.321 e. The van der Waals surface area contributed by atoms with Crippen LogP contribution in [0.3, 0.4) is 0 Å². The third-order valence-corrected chi connectivity index (χ3v) is 6.74. The molecule has 8 heteroatoms. The van der Waals surface area contributed by atoms with Gasteiger partial charge in [0.05, 0.1) is 16.2 Å². The van der Waals surface area contributed by atoms with Crippen LogP contribution >= 0.6 is 0 Å². The topological polar surface area (TPSA) is 86.8 Å². The van der Waals surface area contributed by atoms with Crippen LogP contribution < -0.4 is 5.32 Å². The van der Waals surface area contributed by atoms with Crippen molar-refractivity contribution in [3.8, 4) is 0 Å². The minimum atomic E-state index is -3.50. The Morgan fingerprint density at radius 1 is 0.966 bits per heavy atom. The summed E-state index contributed by atoms with van der Waals surface area (Å²) in [5, 5.41) is 2.87. The molecular weight excluding hydrogens is 390 g/mol. The zero-order valence-electron chi connectivity index (χ0n) is 16.6. The lowest BCUT2D eigenvalue weighted by atomic mass is 10.2. The van der Waals surface area contributed by atoms with Crippen molar-refractivity contribution in [3.05, 3.63) is 59.7 Å². The predicted molar refractivity (Wildman–Crippen MR) is 112 cm³/mol. The maximum absolute atomic E-state index is 12.9. The number of sulfone groups is 1. The molecule has 0 atom stereocenters. The van der Waals surface area contributed by atoms with Crippen LogP contribution in [0.25, 0.3) is 0 Å². The van der Waals surface area contributed by atoms with Crippen LogP contribution in [0.5, 0.6) is 0 Å². The van der Waals surface area contributed by atoms with E-state index in [1.165, 1.54) is 6.07 Å². The Hall–Kier alpha value is -2.87. The summed E-state index contributed by atoms with van der Waals surface area (Å²) in [7, 11) is -3.50. The number of hydrogen-bond donors (Lipinski definition) is 1. The highest BCUT2D eigenvalue weighted by Crippen LogP contribution is 2.20. The van der Waals surface area contributed by atoms with E-state index < -0.39 is 9.84 Å². The number of rotatable bonds is 4. The molecule has 2 aromatic carbocycles. The fourth-order valence-corrected chi connectivity index (χ4v) is 4.37. The first-order valence-corrected chi connectivity index (χ1v) is 11.2. The normalized spacial score (nSPS) is 14.6. The molecule has 154 valence electrons. The Bertz CT molecular complexity index is 1010. The number of carbonyl (C=O) groups is 2. The SMILES string of the molecule is CCS(=O)(=O)c1ccccc1C(=O)N1CCN(C(=O)Nc2cccc(C)c2)CC1. The smallest absolute Gasteiger partial charge is 0.321 e. The van der Waals surface area contributed by atoms with Gasteiger partial charge in [-0.1, -0.05) is 31.2 Å². The van der Waals surface area contributed by atoms with Crippen molar-refractivity contribution in [1.82, 2.24) is 9.80 Å². The summed E-state index contributed by atoms with van der Waals surface area (Å²) >= 11 is 0. The van der Waals surface area contributed by atoms with Gasteiger partial charge in [0.15, 0.2) is 9.84 Å². The minimum absolute atomic E-state index is 0.0621. The summed E-state index contributed by atoms with van der Waals surface area (Å²) in [6, 6.07) is 13.6. The molecule has 1 fully saturated rings. The van der Waals surface area contributed by atoms with Crippen molar-refractivity contribution < 1.29 is 18.0 Å². The zero-order valence-corrected chi connectivity index (χ0v) is 17.4. The monoisotopic (exact) mass is 415 g/mol. The zero-order chi connectivity index (χ0) is 21.0. The molecule has 2 aromatic rings. The van der Waals surface area contributed by atoms with E-state index in [1.807, 2.05) is 31.2 Å². The number of anilines is 1. The van der Waals surface area contributed by atoms with E-state index >= 15 is 0 Å². The van der Waals surface area contributed by atoms with Crippen molar-refractivity contribution in [3.63, 3.8) is 0 Å². The molecule has 3 amide bonds. The highest BCUT2D eigenvalue weighted by atomic mass is 32.2. The van der Waals surface area contributed by atoms with Gasteiger partial charge in [0.1, 0.15) is 0 Å². The van der Waals surface area contributed by atoms with Gasteiger partial charge in [-0.3, -0.25) is 4.79 Å². The van der Waals surface area contributed by atoms with Crippen LogP contribution in [0, 0.1) is 6.92 Å². The van der Waals surface area contributed by atoms with E-state index in [9.17, 15) is 18.0 Å². The second kappa shape index (κ2) is 8.65. The number of hydrogen-bond acceptors (Lipinski definition) is 4. The third kappa shape index (κ3) is 4.76. The van der Waals surface area contributed by atoms with Crippen LogP contribution in [0.2, 0.25) is 0 Å². The van der Waals surface area contributed by atoms with Crippen LogP contribution in [0.1, 0.15) is 22.8 Å². The van der Waals surface area contributed by atoms with Gasteiger partial charge in [-0.15, -0.1) is 0 Å². The molecule has 7 nitrogen and oxygen atoms in total. The van der Waals surface area contributed by atoms with E-state index in [1.54, 1.807) is 34.9 Å². The van der Waals surface area contributed by atoms with Crippen LogP contribution in [-0.4, -0.2) is 62.1 Å². The van der Waals surface area contributed by atoms with Crippen LogP contribution in [-0.2, 0) is 9.84 Å². The number of urea groups is 1. The number of carbonyl (C=O) groups excluding carboxylic acids is 2. The summed E-state index contributed by atoms with van der Waals surface area (Å²) in [5.41, 5.74) is 1.97. The van der Waals surface area contributed by atoms with Crippen molar-refractivity contribution in [2.75, 3.05) is 37.2 Å². The second-order valence-corrected chi connectivity index (χ2v) is 9.23. The van der Waals surface area contributed by atoms with Gasteiger partial charge in [0.25, 0.3) is 5.91 Å². The largest absolute Gasteiger partial charge is 0.335 e. The molecule has 1 aliphatic rings. The Balaban J connectivity index is 1.65. The Morgan fingerprint density at radius 2 is 1.62 bits per heavy atom. The molecule has 0 bridgehead atoms. The Kier molecular flexibility index (Phi) is 6.22. The maximum atomic E-state index is 12.9. The summed E-state index contributed by atoms with van der Waals surface area (Å²) in [6.45, 7) is 4.97. The van der Waals surface area contributed by atoms with Gasteiger partial charge in [0, 0.05) is 31.9 Å². The first kappa shape index (κ1) is 20.9. The van der Waals surface area contributed by atoms with Gasteiger partial charge >= 0.3 is 6.03 Å². The summed E-state index contributed by atoms with van der Waals surface area (Å²) in [6.07, 6.45) is 0. The van der Waals surface area contributed by atoms with Gasteiger partial charge < -0.3 is 15.1 Å². The van der Waals surface area contributed by atoms with E-state index in [-0.39, 0.29) is 28.2 Å². The molecule has 0 unspecified atom stereocenters. The average molecular weight is 416 g/mol. The lowest BCUT2D eigenvalue weighted by molar-refractivity contribution is 0.0668. The number of amides is 3. The molecule has 1 saturated heterocycles. The molecule has 0 spiro atoms. The summed E-state index contributed by atoms with van der Waals surface area (Å²) in [4.78, 5) is 28.7. The number of piperazine rings is 1. The molecular formula is C21H25N3O4S. The Morgan fingerprint density at radius 3 is 2.28 bits per heavy atom. The molecule has 1 heterocycles. The van der Waals surface area contributed by atoms with Crippen molar-refractivity contribution in [1.29, 1.82) is 0 Å². The molecule has 0 saturated carbocycles. The molecule has 1 N–H and O–H groups in total. The average Bonchev–Trinajstić information content (AvgIpc) is 2.73. The van der Waals surface area contributed by atoms with Gasteiger partial charge in [-0.05, 0) is 36.8 Å². The quantitative estimate of drug-likeness (QED) is 0.832. The molecule has 0 radical (unpaired) electrons. The number of nitrogens with zero attached hydrogens (tertiary/aromatic N) is 2. The van der Waals surface area contributed by atoms with Gasteiger partial charge in [-0.2, -0.15) is 0 Å². The van der Waals surface area contributed by atoms with Crippen molar-refractivity contribution >= 4 is 27.5 Å². The fourth-order valence-electron chi connectivity index (χ4n) is 3.28. The fraction of sp³-hybridized carbons (Fsp3) is 0.333. The number of aryl methyl sites for hydroxylation is 1. The first-order chi connectivity index (χ1) is 13.8. The Labute approximate surface area is 171 Å². The van der Waals surface area contributed by atoms with E-state index in [4.69, 9.17) is 0 Å². The first-order valence-electron chi connectivity index (χ1n) is 9.55. The summed E-state index contributed by atoms with van der Waals surface area (Å²) < 4.78 is 24.6. The van der Waals surface area contributed by atoms with Crippen LogP contribution in [0.15, 0.2) is 53.4 Å². The molecule has 0 aliphatic carbocycles. The predicted octanol–water partition coefficient (Wildman–Crippen LogP) is 2.78. The lowest BCUT2D eigenvalue weighted by Crippen LogP contribution is -2.51. The molecule has 0 aromatic heterocycles. The number of nitrogens with one attached hydrogen (secondary N) is 1. The van der Waals surface area contributed by atoms with E-state index in [0.717, 1.165) is 11.3 Å². The second-order valence-electron chi connectivity index (χ2n) is 6.98. The van der Waals surface area contributed by atoms with E-state index in [0.29, 0.717) is 26.2 Å². The molecule has 1 aliphatic heterocycles. The molecule has 3 rings (SSSR count).